The topological polar surface area (TPSA) is 61.4 Å². The lowest BCUT2D eigenvalue weighted by Gasteiger charge is -2.28. The van der Waals surface area contributed by atoms with E-state index in [1.165, 1.54) is 11.1 Å². The Morgan fingerprint density at radius 1 is 1.14 bits per heavy atom. The summed E-state index contributed by atoms with van der Waals surface area (Å²) in [5.74, 6) is -0.0198. The minimum Gasteiger partial charge on any atom is -0.349 e. The van der Waals surface area contributed by atoms with Gasteiger partial charge in [0.15, 0.2) is 0 Å². The molecule has 0 bridgehead atoms. The number of fused-ring (bicyclic) bond motifs is 1. The second-order valence-electron chi connectivity index (χ2n) is 7.66. The van der Waals surface area contributed by atoms with Crippen LogP contribution in [0.5, 0.6) is 0 Å². The predicted molar refractivity (Wildman–Crippen MR) is 115 cm³/mol. The second kappa shape index (κ2) is 9.05. The lowest BCUT2D eigenvalue weighted by molar-refractivity contribution is -0.125. The number of hydrogen-bond acceptors (Lipinski definition) is 3. The number of hydrogen-bond donors (Lipinski definition) is 2. The van der Waals surface area contributed by atoms with E-state index in [9.17, 15) is 9.59 Å². The zero-order chi connectivity index (χ0) is 20.1. The van der Waals surface area contributed by atoms with Crippen molar-refractivity contribution in [2.24, 2.45) is 0 Å². The number of carbonyl (C=O) groups excluding carboxylic acids is 2. The summed E-state index contributed by atoms with van der Waals surface area (Å²) < 4.78 is 0. The molecule has 2 aliphatic rings. The number of amides is 2. The van der Waals surface area contributed by atoms with Gasteiger partial charge in [-0.05, 0) is 49.4 Å². The van der Waals surface area contributed by atoms with Crippen LogP contribution >= 0.6 is 0 Å². The molecule has 2 heterocycles. The number of para-hydroxylation sites is 1. The number of anilines is 1. The first-order chi connectivity index (χ1) is 14.2. The number of benzene rings is 2. The highest BCUT2D eigenvalue weighted by Crippen LogP contribution is 2.27. The van der Waals surface area contributed by atoms with Crippen molar-refractivity contribution in [2.45, 2.75) is 37.8 Å². The fourth-order valence-electron chi connectivity index (χ4n) is 3.83. The molecule has 0 saturated carbocycles. The normalized spacial score (nSPS) is 18.9. The van der Waals surface area contributed by atoms with Crippen LogP contribution in [0.1, 0.15) is 24.0 Å². The molecule has 0 radical (unpaired) electrons. The summed E-state index contributed by atoms with van der Waals surface area (Å²) in [4.78, 5) is 27.0. The van der Waals surface area contributed by atoms with Gasteiger partial charge in [-0.15, -0.1) is 0 Å². The van der Waals surface area contributed by atoms with Crippen molar-refractivity contribution in [2.75, 3.05) is 18.0 Å². The maximum absolute atomic E-state index is 12.8. The van der Waals surface area contributed by atoms with Gasteiger partial charge in [0.1, 0.15) is 0 Å². The molecule has 150 valence electrons. The van der Waals surface area contributed by atoms with Crippen LogP contribution in [0.4, 0.5) is 5.69 Å². The van der Waals surface area contributed by atoms with Gasteiger partial charge in [-0.25, -0.2) is 0 Å². The summed E-state index contributed by atoms with van der Waals surface area (Å²) in [5, 5.41) is 6.23. The molecule has 2 aliphatic heterocycles. The van der Waals surface area contributed by atoms with Crippen LogP contribution in [-0.4, -0.2) is 37.0 Å². The van der Waals surface area contributed by atoms with Crippen LogP contribution in [0.25, 0.3) is 0 Å². The monoisotopic (exact) mass is 389 g/mol. The van der Waals surface area contributed by atoms with E-state index in [1.54, 1.807) is 6.08 Å². The molecule has 0 spiro atoms. The van der Waals surface area contributed by atoms with Gasteiger partial charge in [0, 0.05) is 24.4 Å². The maximum Gasteiger partial charge on any atom is 0.250 e. The van der Waals surface area contributed by atoms with Crippen molar-refractivity contribution in [1.29, 1.82) is 0 Å². The number of nitrogens with one attached hydrogen (secondary N) is 2. The molecule has 1 saturated heterocycles. The molecular formula is C24H27N3O2. The van der Waals surface area contributed by atoms with E-state index in [4.69, 9.17) is 0 Å². The molecule has 0 aliphatic carbocycles. The Morgan fingerprint density at radius 3 is 2.66 bits per heavy atom. The van der Waals surface area contributed by atoms with Crippen molar-refractivity contribution >= 4 is 17.5 Å². The molecule has 2 N–H and O–H groups in total. The Labute approximate surface area is 171 Å². The number of carbonyl (C=O) groups is 2. The Morgan fingerprint density at radius 2 is 1.90 bits per heavy atom. The van der Waals surface area contributed by atoms with Gasteiger partial charge in [0.05, 0.1) is 6.04 Å². The van der Waals surface area contributed by atoms with Crippen LogP contribution in [0.3, 0.4) is 0 Å². The maximum atomic E-state index is 12.8. The molecule has 5 nitrogen and oxygen atoms in total. The molecule has 2 aromatic rings. The van der Waals surface area contributed by atoms with Gasteiger partial charge in [-0.1, -0.05) is 54.6 Å². The standard InChI is InChI=1S/C24H27N3O2/c28-23(27-17-15-19-8-4-5-9-22(19)27)13-12-20(26-24(29)21-14-16-25-21)11-10-18-6-2-1-3-7-18/h1-9,12-13,20-21,25H,10-11,14-17H2,(H,26,29)/b13-12+/t20-,21?/m0/s1. The highest BCUT2D eigenvalue weighted by Gasteiger charge is 2.26. The number of rotatable bonds is 7. The molecule has 2 aromatic carbocycles. The fraction of sp³-hybridized carbons (Fsp3) is 0.333. The first-order valence-electron chi connectivity index (χ1n) is 10.4. The van der Waals surface area contributed by atoms with Crippen molar-refractivity contribution in [3.8, 4) is 0 Å². The fourth-order valence-corrected chi connectivity index (χ4v) is 3.83. The van der Waals surface area contributed by atoms with Crippen LogP contribution in [0.15, 0.2) is 66.7 Å². The summed E-state index contributed by atoms with van der Waals surface area (Å²) in [6.45, 7) is 1.59. The van der Waals surface area contributed by atoms with E-state index in [0.717, 1.165) is 37.9 Å². The summed E-state index contributed by atoms with van der Waals surface area (Å²) in [7, 11) is 0. The Bertz CT molecular complexity index is 890. The van der Waals surface area contributed by atoms with Crippen LogP contribution in [0.2, 0.25) is 0 Å². The molecular weight excluding hydrogens is 362 g/mol. The Balaban J connectivity index is 1.42. The SMILES string of the molecule is O=C(N[C@H](/C=C/C(=O)N1CCc2ccccc21)CCc1ccccc1)C1CCN1. The van der Waals surface area contributed by atoms with Gasteiger partial charge in [0.25, 0.3) is 5.91 Å². The van der Waals surface area contributed by atoms with Crippen molar-refractivity contribution in [1.82, 2.24) is 10.6 Å². The van der Waals surface area contributed by atoms with Crippen LogP contribution in [0, 0.1) is 0 Å². The molecule has 2 amide bonds. The molecule has 4 rings (SSSR count). The zero-order valence-electron chi connectivity index (χ0n) is 16.5. The van der Waals surface area contributed by atoms with Gasteiger partial charge in [-0.2, -0.15) is 0 Å². The molecule has 2 atom stereocenters. The van der Waals surface area contributed by atoms with E-state index >= 15 is 0 Å². The van der Waals surface area contributed by atoms with Gasteiger partial charge >= 0.3 is 0 Å². The van der Waals surface area contributed by atoms with Gasteiger partial charge in [0.2, 0.25) is 5.91 Å². The highest BCUT2D eigenvalue weighted by atomic mass is 16.2. The quantitative estimate of drug-likeness (QED) is 0.716. The molecule has 1 fully saturated rings. The van der Waals surface area contributed by atoms with Crippen LogP contribution < -0.4 is 15.5 Å². The van der Waals surface area contributed by atoms with Crippen molar-refractivity contribution in [3.63, 3.8) is 0 Å². The largest absolute Gasteiger partial charge is 0.349 e. The Hall–Kier alpha value is -2.92. The van der Waals surface area contributed by atoms with Crippen molar-refractivity contribution in [3.05, 3.63) is 77.9 Å². The lowest BCUT2D eigenvalue weighted by Crippen LogP contribution is -2.54. The average molecular weight is 389 g/mol. The van der Waals surface area contributed by atoms with E-state index in [-0.39, 0.29) is 23.9 Å². The summed E-state index contributed by atoms with van der Waals surface area (Å²) in [6, 6.07) is 18.0. The highest BCUT2D eigenvalue weighted by molar-refractivity contribution is 6.03. The molecule has 29 heavy (non-hydrogen) atoms. The van der Waals surface area contributed by atoms with E-state index < -0.39 is 0 Å². The molecule has 1 unspecified atom stereocenters. The summed E-state index contributed by atoms with van der Waals surface area (Å²) >= 11 is 0. The van der Waals surface area contributed by atoms with Crippen molar-refractivity contribution < 1.29 is 9.59 Å². The predicted octanol–water partition coefficient (Wildman–Crippen LogP) is 2.61. The molecule has 0 aromatic heterocycles. The van der Waals surface area contributed by atoms with Gasteiger partial charge < -0.3 is 15.5 Å². The smallest absolute Gasteiger partial charge is 0.250 e. The van der Waals surface area contributed by atoms with Crippen LogP contribution in [-0.2, 0) is 22.4 Å². The number of aryl methyl sites for hydroxylation is 1. The van der Waals surface area contributed by atoms with Gasteiger partial charge in [-0.3, -0.25) is 9.59 Å². The van der Waals surface area contributed by atoms with E-state index in [2.05, 4.69) is 28.8 Å². The van der Waals surface area contributed by atoms with E-state index in [0.29, 0.717) is 6.54 Å². The lowest BCUT2D eigenvalue weighted by atomic mass is 10.0. The Kier molecular flexibility index (Phi) is 6.06. The summed E-state index contributed by atoms with van der Waals surface area (Å²) in [5.41, 5.74) is 3.42. The zero-order valence-corrected chi connectivity index (χ0v) is 16.5. The third-order valence-corrected chi connectivity index (χ3v) is 5.68. The first kappa shape index (κ1) is 19.4. The minimum absolute atomic E-state index is 0.0120. The molecule has 5 heteroatoms. The van der Waals surface area contributed by atoms with E-state index in [1.807, 2.05) is 47.4 Å². The second-order valence-corrected chi connectivity index (χ2v) is 7.66. The summed E-state index contributed by atoms with van der Waals surface area (Å²) in [6.07, 6.45) is 6.81. The number of nitrogens with zero attached hydrogens (tertiary/aromatic N) is 1. The average Bonchev–Trinajstić information content (AvgIpc) is 3.13. The third kappa shape index (κ3) is 4.74. The minimum atomic E-state index is -0.174. The third-order valence-electron chi connectivity index (χ3n) is 5.68. The first-order valence-corrected chi connectivity index (χ1v) is 10.4.